The molecule has 3 rings (SSSR count). The highest BCUT2D eigenvalue weighted by atomic mass is 32.2. The van der Waals surface area contributed by atoms with Gasteiger partial charge in [0.2, 0.25) is 5.13 Å². The zero-order valence-electron chi connectivity index (χ0n) is 12.9. The number of benzene rings is 2. The van der Waals surface area contributed by atoms with Crippen molar-refractivity contribution in [1.29, 1.82) is 5.26 Å². The zero-order chi connectivity index (χ0) is 16.8. The van der Waals surface area contributed by atoms with Crippen LogP contribution in [-0.2, 0) is 5.75 Å². The Hall–Kier alpha value is -2.56. The number of hydrogen-bond donors (Lipinski definition) is 1. The van der Waals surface area contributed by atoms with E-state index >= 15 is 0 Å². The molecule has 24 heavy (non-hydrogen) atoms. The Labute approximate surface area is 148 Å². The standard InChI is InChI=1S/C17H14N4OS2/c1-22-15-4-2-3-14(9-15)19-16-20-21-17(24-16)23-11-13-7-5-12(10-18)6-8-13/h2-9H,11H2,1H3,(H,19,20). The molecule has 2 aromatic carbocycles. The van der Waals surface area contributed by atoms with E-state index in [1.165, 1.54) is 11.3 Å². The van der Waals surface area contributed by atoms with Crippen LogP contribution in [0.2, 0.25) is 0 Å². The van der Waals surface area contributed by atoms with Crippen LogP contribution in [0.5, 0.6) is 5.75 Å². The summed E-state index contributed by atoms with van der Waals surface area (Å²) in [6.07, 6.45) is 0. The molecule has 7 heteroatoms. The molecule has 0 atom stereocenters. The monoisotopic (exact) mass is 354 g/mol. The second-order valence-corrected chi connectivity index (χ2v) is 7.03. The normalized spacial score (nSPS) is 10.2. The number of thioether (sulfide) groups is 1. The van der Waals surface area contributed by atoms with Gasteiger partial charge in [0, 0.05) is 17.5 Å². The first-order valence-corrected chi connectivity index (χ1v) is 8.93. The number of rotatable bonds is 6. The lowest BCUT2D eigenvalue weighted by Crippen LogP contribution is -1.90. The highest BCUT2D eigenvalue weighted by Crippen LogP contribution is 2.30. The molecule has 0 aliphatic rings. The number of nitrogens with one attached hydrogen (secondary N) is 1. The Balaban J connectivity index is 1.59. The van der Waals surface area contributed by atoms with E-state index in [2.05, 4.69) is 21.6 Å². The van der Waals surface area contributed by atoms with Gasteiger partial charge in [-0.05, 0) is 29.8 Å². The first-order chi connectivity index (χ1) is 11.8. The van der Waals surface area contributed by atoms with Gasteiger partial charge in [0.1, 0.15) is 5.75 Å². The molecular weight excluding hydrogens is 340 g/mol. The number of hydrogen-bond acceptors (Lipinski definition) is 7. The molecule has 0 saturated carbocycles. The van der Waals surface area contributed by atoms with E-state index in [4.69, 9.17) is 10.00 Å². The summed E-state index contributed by atoms with van der Waals surface area (Å²) >= 11 is 3.13. The van der Waals surface area contributed by atoms with Crippen LogP contribution in [0.4, 0.5) is 10.8 Å². The molecule has 5 nitrogen and oxygen atoms in total. The third kappa shape index (κ3) is 4.25. The lowest BCUT2D eigenvalue weighted by Gasteiger charge is -2.04. The first kappa shape index (κ1) is 16.3. The fourth-order valence-electron chi connectivity index (χ4n) is 1.96. The topological polar surface area (TPSA) is 70.8 Å². The van der Waals surface area contributed by atoms with Crippen LogP contribution >= 0.6 is 23.1 Å². The van der Waals surface area contributed by atoms with E-state index in [1.54, 1.807) is 18.9 Å². The maximum atomic E-state index is 8.81. The van der Waals surface area contributed by atoms with Crippen LogP contribution in [0.25, 0.3) is 0 Å². The Morgan fingerprint density at radius 3 is 2.79 bits per heavy atom. The first-order valence-electron chi connectivity index (χ1n) is 7.13. The largest absolute Gasteiger partial charge is 0.497 e. The lowest BCUT2D eigenvalue weighted by atomic mass is 10.2. The predicted molar refractivity (Wildman–Crippen MR) is 96.9 cm³/mol. The summed E-state index contributed by atoms with van der Waals surface area (Å²) in [5.74, 6) is 1.58. The number of methoxy groups -OCH3 is 1. The van der Waals surface area contributed by atoms with Crippen molar-refractivity contribution in [3.63, 3.8) is 0 Å². The fraction of sp³-hybridized carbons (Fsp3) is 0.118. The van der Waals surface area contributed by atoms with E-state index in [1.807, 2.05) is 48.5 Å². The molecule has 120 valence electrons. The summed E-state index contributed by atoms with van der Waals surface area (Å²) in [5.41, 5.74) is 2.73. The molecular formula is C17H14N4OS2. The molecule has 0 saturated heterocycles. The average Bonchev–Trinajstić information content (AvgIpc) is 3.08. The van der Waals surface area contributed by atoms with Gasteiger partial charge in [-0.25, -0.2) is 0 Å². The van der Waals surface area contributed by atoms with E-state index in [9.17, 15) is 0 Å². The van der Waals surface area contributed by atoms with Crippen LogP contribution in [0.15, 0.2) is 52.9 Å². The number of aromatic nitrogens is 2. The van der Waals surface area contributed by atoms with Gasteiger partial charge in [-0.15, -0.1) is 10.2 Å². The molecule has 1 aromatic heterocycles. The van der Waals surface area contributed by atoms with Crippen molar-refractivity contribution in [2.24, 2.45) is 0 Å². The summed E-state index contributed by atoms with van der Waals surface area (Å²) in [5, 5.41) is 21.1. The van der Waals surface area contributed by atoms with E-state index < -0.39 is 0 Å². The maximum Gasteiger partial charge on any atom is 0.210 e. The molecule has 0 aliphatic heterocycles. The van der Waals surface area contributed by atoms with Crippen molar-refractivity contribution in [3.8, 4) is 11.8 Å². The molecule has 0 aliphatic carbocycles. The van der Waals surface area contributed by atoms with Crippen molar-refractivity contribution in [2.45, 2.75) is 10.1 Å². The number of ether oxygens (including phenoxy) is 1. The molecule has 3 aromatic rings. The fourth-order valence-corrected chi connectivity index (χ4v) is 3.69. The summed E-state index contributed by atoms with van der Waals surface area (Å²) in [6, 6.07) is 17.4. The molecule has 0 fully saturated rings. The Morgan fingerprint density at radius 1 is 1.21 bits per heavy atom. The van der Waals surface area contributed by atoms with Gasteiger partial charge in [0.25, 0.3) is 0 Å². The lowest BCUT2D eigenvalue weighted by molar-refractivity contribution is 0.415. The Kier molecular flexibility index (Phi) is 5.31. The third-order valence-electron chi connectivity index (χ3n) is 3.17. The van der Waals surface area contributed by atoms with Crippen molar-refractivity contribution in [1.82, 2.24) is 10.2 Å². The van der Waals surface area contributed by atoms with Crippen LogP contribution in [0.1, 0.15) is 11.1 Å². The molecule has 0 unspecified atom stereocenters. The number of anilines is 2. The van der Waals surface area contributed by atoms with Gasteiger partial charge in [0.15, 0.2) is 4.34 Å². The van der Waals surface area contributed by atoms with Crippen LogP contribution < -0.4 is 10.1 Å². The Morgan fingerprint density at radius 2 is 2.04 bits per heavy atom. The second kappa shape index (κ2) is 7.81. The van der Waals surface area contributed by atoms with Gasteiger partial charge in [-0.3, -0.25) is 0 Å². The zero-order valence-corrected chi connectivity index (χ0v) is 14.5. The predicted octanol–water partition coefficient (Wildman–Crippen LogP) is 4.45. The summed E-state index contributed by atoms with van der Waals surface area (Å²) in [4.78, 5) is 0. The second-order valence-electron chi connectivity index (χ2n) is 4.83. The maximum absolute atomic E-state index is 8.81. The minimum Gasteiger partial charge on any atom is -0.497 e. The molecule has 0 bridgehead atoms. The summed E-state index contributed by atoms with van der Waals surface area (Å²) in [7, 11) is 1.64. The van der Waals surface area contributed by atoms with E-state index in [0.717, 1.165) is 32.2 Å². The minimum absolute atomic E-state index is 0.671. The minimum atomic E-state index is 0.671. The smallest absolute Gasteiger partial charge is 0.210 e. The Bertz CT molecular complexity index is 856. The SMILES string of the molecule is COc1cccc(Nc2nnc(SCc3ccc(C#N)cc3)s2)c1. The van der Waals surface area contributed by atoms with Gasteiger partial charge in [-0.1, -0.05) is 41.3 Å². The average molecular weight is 354 g/mol. The van der Waals surface area contributed by atoms with Crippen LogP contribution in [-0.4, -0.2) is 17.3 Å². The molecule has 1 N–H and O–H groups in total. The quantitative estimate of drug-likeness (QED) is 0.659. The third-order valence-corrected chi connectivity index (χ3v) is 5.22. The van der Waals surface area contributed by atoms with Crippen LogP contribution in [0.3, 0.4) is 0 Å². The highest BCUT2D eigenvalue weighted by molar-refractivity contribution is 8.00. The molecule has 0 radical (unpaired) electrons. The van der Waals surface area contributed by atoms with Crippen molar-refractivity contribution in [3.05, 3.63) is 59.7 Å². The van der Waals surface area contributed by atoms with Gasteiger partial charge in [0.05, 0.1) is 18.7 Å². The molecule has 0 spiro atoms. The van der Waals surface area contributed by atoms with Crippen molar-refractivity contribution < 1.29 is 4.74 Å². The van der Waals surface area contributed by atoms with Gasteiger partial charge < -0.3 is 10.1 Å². The summed E-state index contributed by atoms with van der Waals surface area (Å²) < 4.78 is 6.10. The van der Waals surface area contributed by atoms with Crippen molar-refractivity contribution in [2.75, 3.05) is 12.4 Å². The van der Waals surface area contributed by atoms with Crippen LogP contribution in [0, 0.1) is 11.3 Å². The number of nitriles is 1. The van der Waals surface area contributed by atoms with E-state index in [0.29, 0.717) is 5.56 Å². The van der Waals surface area contributed by atoms with Crippen molar-refractivity contribution >= 4 is 33.9 Å². The molecule has 1 heterocycles. The van der Waals surface area contributed by atoms with Gasteiger partial charge >= 0.3 is 0 Å². The summed E-state index contributed by atoms with van der Waals surface area (Å²) in [6.45, 7) is 0. The number of nitrogens with zero attached hydrogens (tertiary/aromatic N) is 3. The highest BCUT2D eigenvalue weighted by Gasteiger charge is 2.06. The molecule has 0 amide bonds. The van der Waals surface area contributed by atoms with Gasteiger partial charge in [-0.2, -0.15) is 5.26 Å². The van der Waals surface area contributed by atoms with E-state index in [-0.39, 0.29) is 0 Å².